The minimum Gasteiger partial charge on any atom is -0.490 e. The van der Waals surface area contributed by atoms with Gasteiger partial charge in [-0.1, -0.05) is 12.1 Å². The number of amides is 1. The lowest BCUT2D eigenvalue weighted by Gasteiger charge is -2.11. The van der Waals surface area contributed by atoms with Crippen LogP contribution in [-0.4, -0.2) is 19.1 Å². The van der Waals surface area contributed by atoms with Crippen LogP contribution in [0.3, 0.4) is 0 Å². The number of nitrogens with zero attached hydrogens (tertiary/aromatic N) is 1. The van der Waals surface area contributed by atoms with Crippen molar-refractivity contribution in [2.75, 3.05) is 13.2 Å². The predicted octanol–water partition coefficient (Wildman–Crippen LogP) is 3.77. The van der Waals surface area contributed by atoms with Crippen molar-refractivity contribution in [1.29, 1.82) is 5.26 Å². The second-order valence-corrected chi connectivity index (χ2v) is 6.04. The fraction of sp³-hybridized carbons (Fsp3) is 0.263. The second kappa shape index (κ2) is 9.50. The highest BCUT2D eigenvalue weighted by atomic mass is 32.1. The number of rotatable bonds is 8. The first-order valence-corrected chi connectivity index (χ1v) is 8.87. The maximum atomic E-state index is 12.2. The summed E-state index contributed by atoms with van der Waals surface area (Å²) < 4.78 is 11.1. The van der Waals surface area contributed by atoms with Crippen molar-refractivity contribution < 1.29 is 14.3 Å². The lowest BCUT2D eigenvalue weighted by molar-refractivity contribution is -0.117. The van der Waals surface area contributed by atoms with Gasteiger partial charge in [0, 0.05) is 4.88 Å². The van der Waals surface area contributed by atoms with Gasteiger partial charge in [0.2, 0.25) is 0 Å². The van der Waals surface area contributed by atoms with Crippen molar-refractivity contribution in [3.63, 3.8) is 0 Å². The second-order valence-electron chi connectivity index (χ2n) is 5.00. The summed E-state index contributed by atoms with van der Waals surface area (Å²) in [6, 6.07) is 11.1. The minimum absolute atomic E-state index is 0.0446. The Bertz CT molecular complexity index is 776. The number of carbonyl (C=O) groups is 1. The first-order chi connectivity index (χ1) is 12.2. The van der Waals surface area contributed by atoms with E-state index < -0.39 is 5.91 Å². The largest absolute Gasteiger partial charge is 0.490 e. The van der Waals surface area contributed by atoms with Crippen molar-refractivity contribution in [3.05, 3.63) is 51.7 Å². The molecule has 25 heavy (non-hydrogen) atoms. The van der Waals surface area contributed by atoms with Gasteiger partial charge in [-0.05, 0) is 49.1 Å². The Morgan fingerprint density at radius 1 is 1.24 bits per heavy atom. The van der Waals surface area contributed by atoms with E-state index in [0.29, 0.717) is 36.8 Å². The van der Waals surface area contributed by atoms with E-state index in [4.69, 9.17) is 9.47 Å². The van der Waals surface area contributed by atoms with Crippen LogP contribution in [0.5, 0.6) is 11.5 Å². The fourth-order valence-corrected chi connectivity index (χ4v) is 2.79. The number of hydrogen-bond acceptors (Lipinski definition) is 5. The highest BCUT2D eigenvalue weighted by Gasteiger charge is 2.11. The van der Waals surface area contributed by atoms with Crippen molar-refractivity contribution in [3.8, 4) is 17.6 Å². The highest BCUT2D eigenvalue weighted by molar-refractivity contribution is 7.09. The zero-order valence-electron chi connectivity index (χ0n) is 14.2. The Morgan fingerprint density at radius 2 is 2.00 bits per heavy atom. The average Bonchev–Trinajstić information content (AvgIpc) is 3.13. The first-order valence-electron chi connectivity index (χ1n) is 8.00. The van der Waals surface area contributed by atoms with Gasteiger partial charge in [-0.3, -0.25) is 4.79 Å². The molecular formula is C19H20N2O3S. The third kappa shape index (κ3) is 5.37. The average molecular weight is 356 g/mol. The van der Waals surface area contributed by atoms with Gasteiger partial charge in [-0.2, -0.15) is 5.26 Å². The molecule has 0 radical (unpaired) electrons. The van der Waals surface area contributed by atoms with Gasteiger partial charge in [0.25, 0.3) is 5.91 Å². The van der Waals surface area contributed by atoms with Crippen LogP contribution in [0.15, 0.2) is 41.3 Å². The van der Waals surface area contributed by atoms with Crippen molar-refractivity contribution >= 4 is 23.3 Å². The summed E-state index contributed by atoms with van der Waals surface area (Å²) >= 11 is 1.55. The van der Waals surface area contributed by atoms with Crippen molar-refractivity contribution in [2.24, 2.45) is 0 Å². The molecule has 130 valence electrons. The molecule has 0 atom stereocenters. The fourth-order valence-electron chi connectivity index (χ4n) is 2.15. The Labute approximate surface area is 151 Å². The van der Waals surface area contributed by atoms with Crippen LogP contribution in [0.1, 0.15) is 24.3 Å². The molecule has 0 spiro atoms. The predicted molar refractivity (Wildman–Crippen MR) is 98.5 cm³/mol. The smallest absolute Gasteiger partial charge is 0.262 e. The number of ether oxygens (including phenoxy) is 2. The normalized spacial score (nSPS) is 10.8. The molecule has 0 saturated heterocycles. The maximum Gasteiger partial charge on any atom is 0.262 e. The van der Waals surface area contributed by atoms with E-state index >= 15 is 0 Å². The summed E-state index contributed by atoms with van der Waals surface area (Å²) in [5.41, 5.74) is 0.748. The quantitative estimate of drug-likeness (QED) is 0.577. The standard InChI is InChI=1S/C19H20N2O3S/c1-3-23-17-8-7-14(11-18(17)24-4-2)10-15(12-20)19(22)21-13-16-6-5-9-25-16/h5-11H,3-4,13H2,1-2H3,(H,21,22)/b15-10+. The molecular weight excluding hydrogens is 336 g/mol. The van der Waals surface area contributed by atoms with Gasteiger partial charge >= 0.3 is 0 Å². The molecule has 0 saturated carbocycles. The molecule has 6 heteroatoms. The van der Waals surface area contributed by atoms with Gasteiger partial charge < -0.3 is 14.8 Å². The summed E-state index contributed by atoms with van der Waals surface area (Å²) in [4.78, 5) is 13.2. The Balaban J connectivity index is 2.15. The van der Waals surface area contributed by atoms with Gasteiger partial charge in [0.15, 0.2) is 11.5 Å². The molecule has 1 aromatic carbocycles. The molecule has 2 aromatic rings. The number of thiophene rings is 1. The lowest BCUT2D eigenvalue weighted by Crippen LogP contribution is -2.23. The number of benzene rings is 1. The summed E-state index contributed by atoms with van der Waals surface area (Å²) in [6.45, 7) is 5.22. The van der Waals surface area contributed by atoms with E-state index in [9.17, 15) is 10.1 Å². The van der Waals surface area contributed by atoms with Gasteiger partial charge in [-0.25, -0.2) is 0 Å². The zero-order chi connectivity index (χ0) is 18.1. The molecule has 0 fully saturated rings. The van der Waals surface area contributed by atoms with E-state index in [0.717, 1.165) is 4.88 Å². The third-order valence-corrected chi connectivity index (χ3v) is 4.12. The SMILES string of the molecule is CCOc1ccc(/C=C(\C#N)C(=O)NCc2cccs2)cc1OCC. The summed E-state index contributed by atoms with van der Waals surface area (Å²) in [7, 11) is 0. The number of nitrogens with one attached hydrogen (secondary N) is 1. The molecule has 0 aliphatic heterocycles. The number of hydrogen-bond donors (Lipinski definition) is 1. The molecule has 0 bridgehead atoms. The van der Waals surface area contributed by atoms with Crippen LogP contribution in [-0.2, 0) is 11.3 Å². The van der Waals surface area contributed by atoms with E-state index in [2.05, 4.69) is 5.32 Å². The van der Waals surface area contributed by atoms with Crippen LogP contribution in [0.25, 0.3) is 6.08 Å². The van der Waals surface area contributed by atoms with E-state index in [1.807, 2.05) is 37.4 Å². The summed E-state index contributed by atoms with van der Waals surface area (Å²) in [6.07, 6.45) is 1.54. The Hall–Kier alpha value is -2.78. The van der Waals surface area contributed by atoms with Crippen LogP contribution >= 0.6 is 11.3 Å². The summed E-state index contributed by atoms with van der Waals surface area (Å²) in [5.74, 6) is 0.833. The summed E-state index contributed by atoms with van der Waals surface area (Å²) in [5, 5.41) is 14.0. The van der Waals surface area contributed by atoms with Crippen LogP contribution < -0.4 is 14.8 Å². The molecule has 1 amide bonds. The topological polar surface area (TPSA) is 71.3 Å². The van der Waals surface area contributed by atoms with Crippen LogP contribution in [0, 0.1) is 11.3 Å². The molecule has 1 aromatic heterocycles. The number of nitriles is 1. The third-order valence-electron chi connectivity index (χ3n) is 3.25. The molecule has 0 aliphatic rings. The molecule has 0 unspecified atom stereocenters. The first kappa shape index (κ1) is 18.6. The Kier molecular flexibility index (Phi) is 7.05. The molecule has 5 nitrogen and oxygen atoms in total. The van der Waals surface area contributed by atoms with Crippen molar-refractivity contribution in [1.82, 2.24) is 5.32 Å². The molecule has 1 N–H and O–H groups in total. The minimum atomic E-state index is -0.400. The van der Waals surface area contributed by atoms with Crippen molar-refractivity contribution in [2.45, 2.75) is 20.4 Å². The van der Waals surface area contributed by atoms with E-state index in [-0.39, 0.29) is 5.57 Å². The molecule has 1 heterocycles. The monoisotopic (exact) mass is 356 g/mol. The zero-order valence-corrected chi connectivity index (χ0v) is 15.1. The van der Waals surface area contributed by atoms with Crippen LogP contribution in [0.4, 0.5) is 0 Å². The highest BCUT2D eigenvalue weighted by Crippen LogP contribution is 2.29. The Morgan fingerprint density at radius 3 is 2.64 bits per heavy atom. The van der Waals surface area contributed by atoms with Crippen LogP contribution in [0.2, 0.25) is 0 Å². The molecule has 2 rings (SSSR count). The lowest BCUT2D eigenvalue weighted by atomic mass is 10.1. The molecule has 0 aliphatic carbocycles. The maximum absolute atomic E-state index is 12.2. The van der Waals surface area contributed by atoms with E-state index in [1.54, 1.807) is 35.6 Å². The van der Waals surface area contributed by atoms with Gasteiger partial charge in [0.1, 0.15) is 11.6 Å². The number of carbonyl (C=O) groups excluding carboxylic acids is 1. The van der Waals surface area contributed by atoms with Gasteiger partial charge in [0.05, 0.1) is 19.8 Å². The van der Waals surface area contributed by atoms with Gasteiger partial charge in [-0.15, -0.1) is 11.3 Å². The van der Waals surface area contributed by atoms with E-state index in [1.165, 1.54) is 0 Å².